The predicted octanol–water partition coefficient (Wildman–Crippen LogP) is 3.45. The average molecular weight is 377 g/mol. The second-order valence-corrected chi connectivity index (χ2v) is 6.92. The summed E-state index contributed by atoms with van der Waals surface area (Å²) in [6, 6.07) is 7.70. The number of ether oxygens (including phenoxy) is 4. The fourth-order valence-corrected chi connectivity index (χ4v) is 3.51. The maximum Gasteiger partial charge on any atom is 0.335 e. The summed E-state index contributed by atoms with van der Waals surface area (Å²) >= 11 is 1.49. The molecule has 140 valence electrons. The maximum atomic E-state index is 12.1. The van der Waals surface area contributed by atoms with Gasteiger partial charge in [-0.1, -0.05) is 12.1 Å². The Morgan fingerprint density at radius 2 is 2.27 bits per heavy atom. The summed E-state index contributed by atoms with van der Waals surface area (Å²) in [6.45, 7) is 3.01. The first-order valence-electron chi connectivity index (χ1n) is 8.65. The van der Waals surface area contributed by atoms with Crippen LogP contribution in [0.3, 0.4) is 0 Å². The molecule has 2 heterocycles. The van der Waals surface area contributed by atoms with Crippen molar-refractivity contribution in [1.29, 1.82) is 0 Å². The monoisotopic (exact) mass is 377 g/mol. The number of methoxy groups -OCH3 is 1. The van der Waals surface area contributed by atoms with E-state index in [1.165, 1.54) is 11.3 Å². The summed E-state index contributed by atoms with van der Waals surface area (Å²) in [4.78, 5) is 16.6. The van der Waals surface area contributed by atoms with Crippen LogP contribution in [-0.2, 0) is 25.6 Å². The summed E-state index contributed by atoms with van der Waals surface area (Å²) in [6.07, 6.45) is 1.50. The standard InChI is InChI=1S/C19H23NO5S/c1-13(24-11-15-6-5-9-23-15)19(21)25-10-14-12-26-18(20-14)16-7-3-4-8-17(16)22-2/h3-4,7-8,12-13,15H,5-6,9-11H2,1-2H3. The molecule has 3 rings (SSSR count). The highest BCUT2D eigenvalue weighted by atomic mass is 32.1. The van der Waals surface area contributed by atoms with E-state index < -0.39 is 12.1 Å². The van der Waals surface area contributed by atoms with Gasteiger partial charge in [-0.25, -0.2) is 9.78 Å². The van der Waals surface area contributed by atoms with Gasteiger partial charge in [0.2, 0.25) is 0 Å². The molecule has 0 aliphatic carbocycles. The molecule has 0 bridgehead atoms. The van der Waals surface area contributed by atoms with Gasteiger partial charge in [0.05, 0.1) is 31.1 Å². The molecule has 0 saturated carbocycles. The van der Waals surface area contributed by atoms with Crippen LogP contribution in [0.5, 0.6) is 5.75 Å². The van der Waals surface area contributed by atoms with E-state index in [0.717, 1.165) is 35.8 Å². The topological polar surface area (TPSA) is 66.9 Å². The summed E-state index contributed by atoms with van der Waals surface area (Å²) in [5.41, 5.74) is 1.63. The van der Waals surface area contributed by atoms with Gasteiger partial charge >= 0.3 is 5.97 Å². The zero-order chi connectivity index (χ0) is 18.4. The Labute approximate surface area is 157 Å². The van der Waals surface area contributed by atoms with Gasteiger partial charge in [-0.2, -0.15) is 0 Å². The van der Waals surface area contributed by atoms with Gasteiger partial charge in [0.1, 0.15) is 17.4 Å². The lowest BCUT2D eigenvalue weighted by atomic mass is 10.2. The molecule has 6 nitrogen and oxygen atoms in total. The van der Waals surface area contributed by atoms with Gasteiger partial charge in [-0.15, -0.1) is 11.3 Å². The summed E-state index contributed by atoms with van der Waals surface area (Å²) < 4.78 is 21.7. The number of hydrogen-bond acceptors (Lipinski definition) is 7. The van der Waals surface area contributed by atoms with Crippen molar-refractivity contribution in [3.63, 3.8) is 0 Å². The molecule has 1 aromatic heterocycles. The number of thiazole rings is 1. The van der Waals surface area contributed by atoms with E-state index in [1.54, 1.807) is 14.0 Å². The highest BCUT2D eigenvalue weighted by Gasteiger charge is 2.21. The highest BCUT2D eigenvalue weighted by Crippen LogP contribution is 2.32. The van der Waals surface area contributed by atoms with Crippen molar-refractivity contribution in [3.05, 3.63) is 35.3 Å². The lowest BCUT2D eigenvalue weighted by Crippen LogP contribution is -2.27. The first kappa shape index (κ1) is 18.8. The molecule has 0 amide bonds. The minimum absolute atomic E-state index is 0.0900. The van der Waals surface area contributed by atoms with Crippen LogP contribution in [0.1, 0.15) is 25.5 Å². The number of nitrogens with zero attached hydrogens (tertiary/aromatic N) is 1. The minimum Gasteiger partial charge on any atom is -0.496 e. The Morgan fingerprint density at radius 1 is 1.42 bits per heavy atom. The van der Waals surface area contributed by atoms with Gasteiger partial charge in [0, 0.05) is 12.0 Å². The lowest BCUT2D eigenvalue weighted by molar-refractivity contribution is -0.159. The van der Waals surface area contributed by atoms with Crippen molar-refractivity contribution in [2.24, 2.45) is 0 Å². The van der Waals surface area contributed by atoms with Crippen molar-refractivity contribution in [2.45, 2.75) is 38.6 Å². The molecular formula is C19H23NO5S. The predicted molar refractivity (Wildman–Crippen MR) is 98.3 cm³/mol. The Hall–Kier alpha value is -1.96. The van der Waals surface area contributed by atoms with E-state index >= 15 is 0 Å². The fraction of sp³-hybridized carbons (Fsp3) is 0.474. The van der Waals surface area contributed by atoms with Gasteiger partial charge < -0.3 is 18.9 Å². The van der Waals surface area contributed by atoms with E-state index in [0.29, 0.717) is 12.3 Å². The van der Waals surface area contributed by atoms with Crippen LogP contribution < -0.4 is 4.74 Å². The largest absolute Gasteiger partial charge is 0.496 e. The summed E-state index contributed by atoms with van der Waals surface area (Å²) in [7, 11) is 1.63. The smallest absolute Gasteiger partial charge is 0.335 e. The first-order chi connectivity index (χ1) is 12.7. The molecule has 1 aliphatic rings. The molecule has 1 aliphatic heterocycles. The van der Waals surface area contributed by atoms with Crippen LogP contribution in [0, 0.1) is 0 Å². The lowest BCUT2D eigenvalue weighted by Gasteiger charge is -2.15. The fourth-order valence-electron chi connectivity index (χ4n) is 2.68. The van der Waals surface area contributed by atoms with Crippen LogP contribution in [-0.4, -0.2) is 43.5 Å². The Morgan fingerprint density at radius 3 is 3.04 bits per heavy atom. The number of para-hydroxylation sites is 1. The van der Waals surface area contributed by atoms with E-state index in [1.807, 2.05) is 29.6 Å². The van der Waals surface area contributed by atoms with Crippen molar-refractivity contribution in [2.75, 3.05) is 20.3 Å². The Bertz CT molecular complexity index is 726. The zero-order valence-corrected chi connectivity index (χ0v) is 15.8. The molecule has 0 radical (unpaired) electrons. The van der Waals surface area contributed by atoms with Crippen molar-refractivity contribution in [1.82, 2.24) is 4.98 Å². The SMILES string of the molecule is COc1ccccc1-c1nc(COC(=O)C(C)OCC2CCCO2)cs1. The second-order valence-electron chi connectivity index (χ2n) is 6.06. The molecule has 2 atom stereocenters. The molecule has 0 spiro atoms. The van der Waals surface area contributed by atoms with Gasteiger partial charge in [-0.3, -0.25) is 0 Å². The maximum absolute atomic E-state index is 12.1. The third kappa shape index (κ3) is 4.81. The normalized spacial score (nSPS) is 17.8. The van der Waals surface area contributed by atoms with Crippen molar-refractivity contribution < 1.29 is 23.7 Å². The number of carbonyl (C=O) groups is 1. The molecule has 2 aromatic rings. The van der Waals surface area contributed by atoms with E-state index in [-0.39, 0.29) is 12.7 Å². The number of esters is 1. The number of benzene rings is 1. The van der Waals surface area contributed by atoms with Crippen LogP contribution in [0.4, 0.5) is 0 Å². The highest BCUT2D eigenvalue weighted by molar-refractivity contribution is 7.13. The summed E-state index contributed by atoms with van der Waals surface area (Å²) in [5.74, 6) is 0.372. The molecule has 2 unspecified atom stereocenters. The summed E-state index contributed by atoms with van der Waals surface area (Å²) in [5, 5.41) is 2.71. The molecule has 1 saturated heterocycles. The Balaban J connectivity index is 1.50. The van der Waals surface area contributed by atoms with Crippen molar-refractivity contribution in [3.8, 4) is 16.3 Å². The first-order valence-corrected chi connectivity index (χ1v) is 9.53. The average Bonchev–Trinajstić information content (AvgIpc) is 3.36. The zero-order valence-electron chi connectivity index (χ0n) is 15.0. The third-order valence-corrected chi connectivity index (χ3v) is 5.06. The molecule has 0 N–H and O–H groups in total. The molecular weight excluding hydrogens is 354 g/mol. The van der Waals surface area contributed by atoms with Crippen LogP contribution in [0.25, 0.3) is 10.6 Å². The van der Waals surface area contributed by atoms with Crippen molar-refractivity contribution >= 4 is 17.3 Å². The minimum atomic E-state index is -0.619. The number of aromatic nitrogens is 1. The molecule has 26 heavy (non-hydrogen) atoms. The van der Waals surface area contributed by atoms with Gasteiger partial charge in [0.25, 0.3) is 0 Å². The van der Waals surface area contributed by atoms with E-state index in [4.69, 9.17) is 18.9 Å². The third-order valence-electron chi connectivity index (χ3n) is 4.14. The molecule has 7 heteroatoms. The van der Waals surface area contributed by atoms with Gasteiger partial charge in [0.15, 0.2) is 6.10 Å². The van der Waals surface area contributed by atoms with Gasteiger partial charge in [-0.05, 0) is 31.9 Å². The number of rotatable bonds is 8. The number of hydrogen-bond donors (Lipinski definition) is 0. The number of carbonyl (C=O) groups excluding carboxylic acids is 1. The van der Waals surface area contributed by atoms with E-state index in [2.05, 4.69) is 4.98 Å². The van der Waals surface area contributed by atoms with Crippen LogP contribution in [0.2, 0.25) is 0 Å². The second kappa shape index (κ2) is 9.12. The molecule has 1 fully saturated rings. The quantitative estimate of drug-likeness (QED) is 0.657. The Kier molecular flexibility index (Phi) is 6.60. The van der Waals surface area contributed by atoms with E-state index in [9.17, 15) is 4.79 Å². The van der Waals surface area contributed by atoms with Crippen LogP contribution >= 0.6 is 11.3 Å². The van der Waals surface area contributed by atoms with Crippen LogP contribution in [0.15, 0.2) is 29.6 Å². The molecule has 1 aromatic carbocycles.